The number of carbonyl (C=O) groups excluding carboxylic acids is 1. The van der Waals surface area contributed by atoms with E-state index in [9.17, 15) is 9.59 Å². The van der Waals surface area contributed by atoms with E-state index in [0.29, 0.717) is 36.7 Å². The van der Waals surface area contributed by atoms with Crippen molar-refractivity contribution in [3.8, 4) is 11.4 Å². The Balaban J connectivity index is 1.61. The zero-order valence-corrected chi connectivity index (χ0v) is 17.7. The van der Waals surface area contributed by atoms with Gasteiger partial charge in [0, 0.05) is 42.9 Å². The molecule has 1 aliphatic heterocycles. The van der Waals surface area contributed by atoms with E-state index in [2.05, 4.69) is 22.0 Å². The van der Waals surface area contributed by atoms with Crippen LogP contribution in [0.4, 0.5) is 0 Å². The van der Waals surface area contributed by atoms with Crippen LogP contribution in [0, 0.1) is 6.92 Å². The van der Waals surface area contributed by atoms with Gasteiger partial charge in [-0.1, -0.05) is 36.4 Å². The van der Waals surface area contributed by atoms with Crippen molar-refractivity contribution in [2.75, 3.05) is 13.2 Å². The number of ether oxygens (including phenoxy) is 1. The summed E-state index contributed by atoms with van der Waals surface area (Å²) >= 11 is 0. The molecule has 0 spiro atoms. The van der Waals surface area contributed by atoms with Crippen LogP contribution in [-0.4, -0.2) is 44.3 Å². The van der Waals surface area contributed by atoms with Crippen LogP contribution in [0.2, 0.25) is 0 Å². The Labute approximate surface area is 180 Å². The smallest absolute Gasteiger partial charge is 0.279 e. The fourth-order valence-electron chi connectivity index (χ4n) is 3.92. The van der Waals surface area contributed by atoms with Crippen LogP contribution in [0.5, 0.6) is 0 Å². The van der Waals surface area contributed by atoms with E-state index < -0.39 is 0 Å². The van der Waals surface area contributed by atoms with Gasteiger partial charge in [0.2, 0.25) is 11.7 Å². The van der Waals surface area contributed by atoms with E-state index in [1.165, 1.54) is 4.52 Å². The predicted molar refractivity (Wildman–Crippen MR) is 118 cm³/mol. The Hall–Kier alpha value is -3.26. The van der Waals surface area contributed by atoms with E-state index in [-0.39, 0.29) is 24.0 Å². The first-order valence-corrected chi connectivity index (χ1v) is 10.6. The van der Waals surface area contributed by atoms with Crippen molar-refractivity contribution in [2.45, 2.75) is 45.3 Å². The number of hydrogen-bond donors (Lipinski definition) is 1. The molecular weight excluding hydrogens is 394 g/mol. The molecule has 1 aliphatic rings. The first-order chi connectivity index (χ1) is 15.1. The molecular formula is C23H27N5O3. The van der Waals surface area contributed by atoms with E-state index in [0.717, 1.165) is 30.7 Å². The van der Waals surface area contributed by atoms with Gasteiger partial charge in [0.15, 0.2) is 5.82 Å². The molecule has 0 aliphatic carbocycles. The second-order valence-electron chi connectivity index (χ2n) is 7.72. The lowest BCUT2D eigenvalue weighted by atomic mass is 10.1. The Morgan fingerprint density at radius 1 is 1.35 bits per heavy atom. The zero-order valence-electron chi connectivity index (χ0n) is 17.7. The van der Waals surface area contributed by atoms with Gasteiger partial charge >= 0.3 is 0 Å². The second-order valence-corrected chi connectivity index (χ2v) is 7.72. The van der Waals surface area contributed by atoms with Gasteiger partial charge in [0.25, 0.3) is 5.56 Å². The van der Waals surface area contributed by atoms with Gasteiger partial charge in [0.05, 0.1) is 6.10 Å². The summed E-state index contributed by atoms with van der Waals surface area (Å²) in [6.07, 6.45) is 4.41. The van der Waals surface area contributed by atoms with Gasteiger partial charge in [-0.15, -0.1) is 11.7 Å². The third-order valence-electron chi connectivity index (χ3n) is 5.62. The van der Waals surface area contributed by atoms with Crippen LogP contribution in [0.1, 0.15) is 30.5 Å². The summed E-state index contributed by atoms with van der Waals surface area (Å²) in [4.78, 5) is 30.1. The lowest BCUT2D eigenvalue weighted by molar-refractivity contribution is -0.121. The van der Waals surface area contributed by atoms with Gasteiger partial charge in [-0.2, -0.15) is 9.50 Å². The van der Waals surface area contributed by atoms with E-state index in [1.54, 1.807) is 6.08 Å². The summed E-state index contributed by atoms with van der Waals surface area (Å²) in [7, 11) is 0. The highest BCUT2D eigenvalue weighted by atomic mass is 16.5. The summed E-state index contributed by atoms with van der Waals surface area (Å²) in [5.41, 5.74) is 1.93. The molecule has 0 unspecified atom stereocenters. The van der Waals surface area contributed by atoms with Crippen molar-refractivity contribution >= 4 is 11.7 Å². The highest BCUT2D eigenvalue weighted by Gasteiger charge is 2.20. The fraction of sp³-hybridized carbons (Fsp3) is 0.391. The molecule has 1 aromatic carbocycles. The molecule has 1 fully saturated rings. The average Bonchev–Trinajstić information content (AvgIpc) is 3.46. The number of aromatic nitrogens is 4. The van der Waals surface area contributed by atoms with Crippen LogP contribution >= 0.6 is 0 Å². The molecule has 8 nitrogen and oxygen atoms in total. The SMILES string of the molecule is C=CCn1c(C)c(CCC(=O)NC[C@H]2CCCO2)c(=O)n2nc(-c3ccccc3)nc12. The first kappa shape index (κ1) is 21.0. The van der Waals surface area contributed by atoms with Crippen molar-refractivity contribution in [1.29, 1.82) is 0 Å². The topological polar surface area (TPSA) is 90.5 Å². The number of benzene rings is 1. The standard InChI is InChI=1S/C23H27N5O3/c1-3-13-27-16(2)19(11-12-20(29)24-15-18-10-7-14-31-18)22(30)28-23(27)25-21(26-28)17-8-5-4-6-9-17/h3-6,8-9,18H,1,7,10-15H2,2H3,(H,24,29)/t18-/m1/s1. The maximum Gasteiger partial charge on any atom is 0.279 e. The largest absolute Gasteiger partial charge is 0.376 e. The van der Waals surface area contributed by atoms with Crippen molar-refractivity contribution in [1.82, 2.24) is 24.5 Å². The fourth-order valence-corrected chi connectivity index (χ4v) is 3.92. The van der Waals surface area contributed by atoms with E-state index in [4.69, 9.17) is 4.74 Å². The summed E-state index contributed by atoms with van der Waals surface area (Å²) in [5.74, 6) is 0.863. The minimum Gasteiger partial charge on any atom is -0.376 e. The van der Waals surface area contributed by atoms with Crippen molar-refractivity contribution in [3.05, 3.63) is 64.6 Å². The molecule has 31 heavy (non-hydrogen) atoms. The number of hydrogen-bond acceptors (Lipinski definition) is 5. The first-order valence-electron chi connectivity index (χ1n) is 10.6. The monoisotopic (exact) mass is 421 g/mol. The highest BCUT2D eigenvalue weighted by molar-refractivity contribution is 5.76. The van der Waals surface area contributed by atoms with Crippen molar-refractivity contribution in [3.63, 3.8) is 0 Å². The third kappa shape index (κ3) is 4.44. The minimum atomic E-state index is -0.241. The molecule has 1 amide bonds. The molecule has 4 rings (SSSR count). The Morgan fingerprint density at radius 2 is 2.16 bits per heavy atom. The normalized spacial score (nSPS) is 16.0. The quantitative estimate of drug-likeness (QED) is 0.564. The third-order valence-corrected chi connectivity index (χ3v) is 5.62. The van der Waals surface area contributed by atoms with Crippen LogP contribution in [-0.2, 0) is 22.5 Å². The van der Waals surface area contributed by atoms with Crippen LogP contribution in [0.25, 0.3) is 17.2 Å². The lowest BCUT2D eigenvalue weighted by Crippen LogP contribution is -2.33. The number of nitrogens with one attached hydrogen (secondary N) is 1. The molecule has 8 heteroatoms. The molecule has 1 atom stereocenters. The lowest BCUT2D eigenvalue weighted by Gasteiger charge is -2.14. The maximum atomic E-state index is 13.2. The molecule has 0 radical (unpaired) electrons. The van der Waals surface area contributed by atoms with Crippen LogP contribution in [0.15, 0.2) is 47.8 Å². The highest BCUT2D eigenvalue weighted by Crippen LogP contribution is 2.17. The Kier molecular flexibility index (Phi) is 6.27. The van der Waals surface area contributed by atoms with Crippen LogP contribution in [0.3, 0.4) is 0 Å². The van der Waals surface area contributed by atoms with E-state index >= 15 is 0 Å². The molecule has 162 valence electrons. The summed E-state index contributed by atoms with van der Waals surface area (Å²) in [6.45, 7) is 7.46. The van der Waals surface area contributed by atoms with Crippen LogP contribution < -0.4 is 10.9 Å². The van der Waals surface area contributed by atoms with Gasteiger partial charge in [-0.05, 0) is 26.2 Å². The Morgan fingerprint density at radius 3 is 2.87 bits per heavy atom. The number of nitrogens with zero attached hydrogens (tertiary/aromatic N) is 4. The maximum absolute atomic E-state index is 13.2. The minimum absolute atomic E-state index is 0.0896. The molecule has 2 aromatic heterocycles. The van der Waals surface area contributed by atoms with Gasteiger partial charge in [-0.25, -0.2) is 0 Å². The number of amides is 1. The molecule has 3 aromatic rings. The van der Waals surface area contributed by atoms with Gasteiger partial charge < -0.3 is 14.6 Å². The van der Waals surface area contributed by atoms with Gasteiger partial charge in [-0.3, -0.25) is 9.59 Å². The van der Waals surface area contributed by atoms with Gasteiger partial charge in [0.1, 0.15) is 0 Å². The summed E-state index contributed by atoms with van der Waals surface area (Å²) in [6, 6.07) is 9.54. The average molecular weight is 422 g/mol. The number of carbonyl (C=O) groups is 1. The molecule has 3 heterocycles. The zero-order chi connectivity index (χ0) is 21.8. The van der Waals surface area contributed by atoms with Crippen molar-refractivity contribution in [2.24, 2.45) is 0 Å². The van der Waals surface area contributed by atoms with E-state index in [1.807, 2.05) is 41.8 Å². The number of rotatable bonds is 8. The second kappa shape index (κ2) is 9.26. The summed E-state index contributed by atoms with van der Waals surface area (Å²) < 4.78 is 8.78. The number of allylic oxidation sites excluding steroid dienone is 1. The Bertz CT molecular complexity index is 1140. The molecule has 1 saturated heterocycles. The molecule has 0 saturated carbocycles. The number of fused-ring (bicyclic) bond motifs is 1. The molecule has 0 bridgehead atoms. The summed E-state index contributed by atoms with van der Waals surface area (Å²) in [5, 5.41) is 7.38. The molecule has 1 N–H and O–H groups in total. The van der Waals surface area contributed by atoms with Crippen molar-refractivity contribution < 1.29 is 9.53 Å². The predicted octanol–water partition coefficient (Wildman–Crippen LogP) is 2.28.